The Labute approximate surface area is 267 Å². The van der Waals surface area contributed by atoms with Gasteiger partial charge in [-0.15, -0.1) is 0 Å². The smallest absolute Gasteiger partial charge is 0.411 e. The van der Waals surface area contributed by atoms with E-state index in [-0.39, 0.29) is 30.3 Å². The topological polar surface area (TPSA) is 126 Å². The summed E-state index contributed by atoms with van der Waals surface area (Å²) in [5, 5.41) is 2.22. The summed E-state index contributed by atoms with van der Waals surface area (Å²) in [7, 11) is -3.61. The second-order valence-electron chi connectivity index (χ2n) is 14.4. The number of hydrogen-bond donors (Lipinski definition) is 1. The van der Waals surface area contributed by atoms with Crippen LogP contribution in [0.3, 0.4) is 0 Å². The molecule has 11 heteroatoms. The fourth-order valence-electron chi connectivity index (χ4n) is 6.03. The summed E-state index contributed by atoms with van der Waals surface area (Å²) in [5.41, 5.74) is 0.967. The highest BCUT2D eigenvalue weighted by Gasteiger charge is 2.48. The lowest BCUT2D eigenvalue weighted by Gasteiger charge is -2.36. The molecule has 2 aliphatic rings. The van der Waals surface area contributed by atoms with Gasteiger partial charge in [-0.2, -0.15) is 0 Å². The third kappa shape index (κ3) is 8.62. The fourth-order valence-corrected chi connectivity index (χ4v) is 7.00. The van der Waals surface area contributed by atoms with Crippen LogP contribution in [0, 0.1) is 0 Å². The van der Waals surface area contributed by atoms with Crippen LogP contribution in [0.5, 0.6) is 0 Å². The molecule has 0 spiro atoms. The molecule has 1 aliphatic heterocycles. The van der Waals surface area contributed by atoms with E-state index in [2.05, 4.69) is 31.1 Å². The van der Waals surface area contributed by atoms with Crippen molar-refractivity contribution in [3.05, 3.63) is 59.9 Å². The fraction of sp³-hybridized carbons (Fsp3) is 0.588. The van der Waals surface area contributed by atoms with E-state index in [1.807, 2.05) is 12.1 Å². The first-order valence-corrected chi connectivity index (χ1v) is 17.7. The Hall–Kier alpha value is -3.47. The highest BCUT2D eigenvalue weighted by Crippen LogP contribution is 2.35. The summed E-state index contributed by atoms with van der Waals surface area (Å²) in [6.07, 6.45) is 8.23. The Morgan fingerprint density at radius 1 is 1.00 bits per heavy atom. The number of aromatic nitrogens is 1. The Balaban J connectivity index is 1.84. The first kappa shape index (κ1) is 34.4. The van der Waals surface area contributed by atoms with Gasteiger partial charge in [-0.3, -0.25) is 24.4 Å². The lowest BCUT2D eigenvalue weighted by atomic mass is 9.87. The molecule has 1 aliphatic carbocycles. The number of likely N-dealkylation sites (tertiary alicyclic amines) is 1. The lowest BCUT2D eigenvalue weighted by Crippen LogP contribution is -2.53. The summed E-state index contributed by atoms with van der Waals surface area (Å²) in [6.45, 7) is 11.2. The maximum atomic E-state index is 14.9. The molecule has 1 aromatic carbocycles. The summed E-state index contributed by atoms with van der Waals surface area (Å²) < 4.78 is 31.1. The van der Waals surface area contributed by atoms with Crippen molar-refractivity contribution in [1.82, 2.24) is 15.2 Å². The van der Waals surface area contributed by atoms with Gasteiger partial charge in [0.25, 0.3) is 5.91 Å². The Kier molecular flexibility index (Phi) is 10.3. The van der Waals surface area contributed by atoms with Crippen LogP contribution in [0.2, 0.25) is 0 Å². The van der Waals surface area contributed by atoms with Crippen molar-refractivity contribution >= 4 is 33.4 Å². The van der Waals surface area contributed by atoms with Gasteiger partial charge in [-0.25, -0.2) is 13.2 Å². The molecule has 246 valence electrons. The van der Waals surface area contributed by atoms with Crippen LogP contribution in [0.1, 0.15) is 97.2 Å². The van der Waals surface area contributed by atoms with E-state index in [1.165, 1.54) is 9.80 Å². The minimum atomic E-state index is -3.61. The zero-order valence-corrected chi connectivity index (χ0v) is 28.4. The van der Waals surface area contributed by atoms with Crippen LogP contribution >= 0.6 is 0 Å². The molecule has 2 fully saturated rings. The average molecular weight is 641 g/mol. The number of rotatable bonds is 7. The van der Waals surface area contributed by atoms with Crippen molar-refractivity contribution in [2.75, 3.05) is 17.7 Å². The normalized spacial score (nSPS) is 20.4. The predicted molar refractivity (Wildman–Crippen MR) is 175 cm³/mol. The predicted octanol–water partition coefficient (Wildman–Crippen LogP) is 5.32. The molecule has 0 radical (unpaired) electrons. The number of carbonyl (C=O) groups excluding carboxylic acids is 3. The number of benzene rings is 1. The van der Waals surface area contributed by atoms with E-state index in [4.69, 9.17) is 4.74 Å². The second kappa shape index (κ2) is 13.5. The minimum absolute atomic E-state index is 0.0232. The highest BCUT2D eigenvalue weighted by atomic mass is 32.2. The summed E-state index contributed by atoms with van der Waals surface area (Å²) in [5.74, 6) is -0.923. The molecule has 1 N–H and O–H groups in total. The molecule has 2 heterocycles. The van der Waals surface area contributed by atoms with Gasteiger partial charge in [0.05, 0.1) is 5.25 Å². The van der Waals surface area contributed by atoms with Crippen molar-refractivity contribution in [1.29, 1.82) is 0 Å². The first-order chi connectivity index (χ1) is 21.0. The van der Waals surface area contributed by atoms with Gasteiger partial charge in [-0.05, 0) is 69.2 Å². The number of amides is 3. The van der Waals surface area contributed by atoms with Gasteiger partial charge in [0.2, 0.25) is 5.91 Å². The van der Waals surface area contributed by atoms with E-state index < -0.39 is 44.8 Å². The van der Waals surface area contributed by atoms with Crippen molar-refractivity contribution in [2.24, 2.45) is 0 Å². The summed E-state index contributed by atoms with van der Waals surface area (Å²) >= 11 is 0. The van der Waals surface area contributed by atoms with Crippen LogP contribution in [0.4, 0.5) is 10.5 Å². The molecular weight excluding hydrogens is 592 g/mol. The molecule has 2 aromatic rings. The number of pyridine rings is 1. The van der Waals surface area contributed by atoms with E-state index in [9.17, 15) is 22.8 Å². The minimum Gasteiger partial charge on any atom is -0.444 e. The van der Waals surface area contributed by atoms with Gasteiger partial charge in [0.1, 0.15) is 17.7 Å². The number of carbonyl (C=O) groups is 3. The number of nitrogens with one attached hydrogen (secondary N) is 1. The molecule has 1 unspecified atom stereocenters. The maximum absolute atomic E-state index is 14.9. The van der Waals surface area contributed by atoms with E-state index in [1.54, 1.807) is 57.4 Å². The highest BCUT2D eigenvalue weighted by molar-refractivity contribution is 7.91. The van der Waals surface area contributed by atoms with Crippen LogP contribution in [0.15, 0.2) is 48.8 Å². The number of hydrogen-bond acceptors (Lipinski definition) is 7. The molecule has 1 aromatic heterocycles. The average Bonchev–Trinajstić information content (AvgIpc) is 3.42. The molecule has 1 saturated carbocycles. The zero-order valence-electron chi connectivity index (χ0n) is 27.6. The molecule has 3 amide bonds. The molecule has 10 nitrogen and oxygen atoms in total. The summed E-state index contributed by atoms with van der Waals surface area (Å²) in [6, 6.07) is 8.60. The van der Waals surface area contributed by atoms with Gasteiger partial charge in [-0.1, -0.05) is 58.2 Å². The van der Waals surface area contributed by atoms with Crippen LogP contribution in [0.25, 0.3) is 0 Å². The van der Waals surface area contributed by atoms with Gasteiger partial charge in [0, 0.05) is 42.5 Å². The van der Waals surface area contributed by atoms with Gasteiger partial charge in [0.15, 0.2) is 9.84 Å². The Morgan fingerprint density at radius 3 is 2.18 bits per heavy atom. The number of nitrogens with zero attached hydrogens (tertiary/aromatic N) is 3. The third-order valence-electron chi connectivity index (χ3n) is 8.49. The molecule has 3 atom stereocenters. The van der Waals surface area contributed by atoms with Crippen molar-refractivity contribution in [3.63, 3.8) is 0 Å². The molecular formula is C34H48N4O6S. The van der Waals surface area contributed by atoms with E-state index in [0.717, 1.165) is 43.9 Å². The largest absolute Gasteiger partial charge is 0.444 e. The number of sulfone groups is 1. The van der Waals surface area contributed by atoms with Crippen molar-refractivity contribution < 1.29 is 27.5 Å². The molecule has 1 saturated heterocycles. The molecule has 45 heavy (non-hydrogen) atoms. The first-order valence-electron chi connectivity index (χ1n) is 15.8. The van der Waals surface area contributed by atoms with Crippen molar-refractivity contribution in [2.45, 2.75) is 114 Å². The quantitative estimate of drug-likeness (QED) is 0.434. The number of anilines is 1. The standard InChI is InChI=1S/C34H48N4O6S/c1-33(2,3)24-15-17-26(18-16-24)38(29(23-12-11-19-35-21-23)30(39)36-25-13-9-8-10-14-25)31(40)28-20-27(45(7,42)43)22-37(28)32(41)44-34(4,5)6/h11-12,15-19,21,25,27-29H,8-10,13-14,20,22H2,1-7H3,(H,36,39)/t27-,28+,29?/m0/s1. The zero-order chi connectivity index (χ0) is 33.2. The number of ether oxygens (including phenoxy) is 1. The Morgan fingerprint density at radius 2 is 1.64 bits per heavy atom. The van der Waals surface area contributed by atoms with E-state index >= 15 is 0 Å². The van der Waals surface area contributed by atoms with Crippen LogP contribution in [-0.4, -0.2) is 71.9 Å². The van der Waals surface area contributed by atoms with Gasteiger partial charge >= 0.3 is 6.09 Å². The molecule has 4 rings (SSSR count). The monoisotopic (exact) mass is 640 g/mol. The maximum Gasteiger partial charge on any atom is 0.411 e. The molecule has 0 bridgehead atoms. The lowest BCUT2D eigenvalue weighted by molar-refractivity contribution is -0.129. The van der Waals surface area contributed by atoms with Gasteiger partial charge < -0.3 is 10.1 Å². The SMILES string of the molecule is CC(C)(C)OC(=O)N1C[C@@H](S(C)(=O)=O)C[C@@H]1C(=O)N(c1ccc(C(C)(C)C)cc1)C(C(=O)NC1CCCCC1)c1cccnc1. The second-order valence-corrected chi connectivity index (χ2v) is 16.7. The van der Waals surface area contributed by atoms with Crippen LogP contribution in [-0.2, 0) is 29.6 Å². The van der Waals surface area contributed by atoms with Crippen LogP contribution < -0.4 is 10.2 Å². The Bertz CT molecular complexity index is 1460. The van der Waals surface area contributed by atoms with Crippen molar-refractivity contribution in [3.8, 4) is 0 Å². The van der Waals surface area contributed by atoms with E-state index in [0.29, 0.717) is 11.3 Å². The summed E-state index contributed by atoms with van der Waals surface area (Å²) in [4.78, 5) is 49.5. The third-order valence-corrected chi connectivity index (χ3v) is 10.0.